The molecule has 3 aliphatic heterocycles. The molecule has 2 amide bonds. The number of aromatic nitrogens is 2. The summed E-state index contributed by atoms with van der Waals surface area (Å²) >= 11 is 6.45. The van der Waals surface area contributed by atoms with E-state index in [0.29, 0.717) is 41.7 Å². The van der Waals surface area contributed by atoms with Gasteiger partial charge in [0.15, 0.2) is 0 Å². The first-order valence-electron chi connectivity index (χ1n) is 11.6. The van der Waals surface area contributed by atoms with E-state index >= 15 is 0 Å². The van der Waals surface area contributed by atoms with Crippen molar-refractivity contribution in [3.8, 4) is 17.6 Å². The lowest BCUT2D eigenvalue weighted by molar-refractivity contribution is -0.137. The minimum Gasteiger partial charge on any atom is -0.456 e. The molecule has 10 heteroatoms. The molecular formula is C26H25ClN6O3. The maximum absolute atomic E-state index is 13.3. The number of carbonyl (C=O) groups excluding carboxylic acids is 2. The zero-order valence-corrected chi connectivity index (χ0v) is 20.7. The molecule has 0 spiro atoms. The topological polar surface area (TPSA) is 103 Å². The summed E-state index contributed by atoms with van der Waals surface area (Å²) in [5.41, 5.74) is 1.58. The van der Waals surface area contributed by atoms with Gasteiger partial charge in [-0.3, -0.25) is 14.5 Å². The van der Waals surface area contributed by atoms with Crippen molar-refractivity contribution in [2.75, 3.05) is 26.2 Å². The second-order valence-corrected chi connectivity index (χ2v) is 9.67. The summed E-state index contributed by atoms with van der Waals surface area (Å²) in [6, 6.07) is 12.7. The highest BCUT2D eigenvalue weighted by molar-refractivity contribution is 6.31. The van der Waals surface area contributed by atoms with Gasteiger partial charge in [0.1, 0.15) is 23.1 Å². The zero-order chi connectivity index (χ0) is 25.4. The monoisotopic (exact) mass is 504 g/mol. The molecule has 2 atom stereocenters. The van der Waals surface area contributed by atoms with Gasteiger partial charge in [-0.25, -0.2) is 4.98 Å². The van der Waals surface area contributed by atoms with Crippen molar-refractivity contribution in [1.82, 2.24) is 24.7 Å². The van der Waals surface area contributed by atoms with E-state index in [1.165, 1.54) is 0 Å². The van der Waals surface area contributed by atoms with Crippen molar-refractivity contribution < 1.29 is 14.3 Å². The first-order valence-corrected chi connectivity index (χ1v) is 11.9. The third-order valence-corrected chi connectivity index (χ3v) is 7.14. The number of nitrogens with one attached hydrogen (secondary N) is 1. The van der Waals surface area contributed by atoms with Crippen LogP contribution >= 0.6 is 11.6 Å². The van der Waals surface area contributed by atoms with E-state index < -0.39 is 5.54 Å². The molecule has 2 aromatic carbocycles. The molecule has 3 aromatic rings. The molecule has 0 radical (unpaired) electrons. The Balaban J connectivity index is 1.66. The number of amides is 2. The zero-order valence-electron chi connectivity index (χ0n) is 20.0. The van der Waals surface area contributed by atoms with Crippen LogP contribution in [0.1, 0.15) is 29.3 Å². The average Bonchev–Trinajstić information content (AvgIpc) is 3.28. The van der Waals surface area contributed by atoms with E-state index in [-0.39, 0.29) is 24.9 Å². The molecule has 184 valence electrons. The summed E-state index contributed by atoms with van der Waals surface area (Å²) in [5.74, 6) is 0.536. The number of imidazole rings is 1. The highest BCUT2D eigenvalue weighted by Gasteiger charge is 2.35. The fraction of sp³-hybridized carbons (Fsp3) is 0.308. The van der Waals surface area contributed by atoms with Crippen LogP contribution in [0.3, 0.4) is 0 Å². The standard InChI is InChI=1S/C26H25ClN6O3/c1-26(23-12-29-16-31(23)2)19-4-3-17(11-28)22(10-19)36-20-5-6-21(27)18(9-20)13-33-8-7-32(15-25(33)35)14-24(34)30-26/h3-6,9-10,12,16H,7-8,13-15H2,1-2H3,(H,30,34). The molecule has 0 aliphatic carbocycles. The van der Waals surface area contributed by atoms with E-state index in [9.17, 15) is 14.9 Å². The average molecular weight is 505 g/mol. The first kappa shape index (κ1) is 23.9. The number of hydrogen-bond donors (Lipinski definition) is 1. The number of ether oxygens (including phenoxy) is 1. The van der Waals surface area contributed by atoms with Crippen LogP contribution in [-0.2, 0) is 28.7 Å². The van der Waals surface area contributed by atoms with Gasteiger partial charge in [-0.05, 0) is 48.4 Å². The summed E-state index contributed by atoms with van der Waals surface area (Å²) in [7, 11) is 1.85. The first-order chi connectivity index (χ1) is 17.3. The predicted molar refractivity (Wildman–Crippen MR) is 132 cm³/mol. The highest BCUT2D eigenvalue weighted by Crippen LogP contribution is 2.35. The van der Waals surface area contributed by atoms with Crippen LogP contribution in [0.4, 0.5) is 0 Å². The Kier molecular flexibility index (Phi) is 6.16. The van der Waals surface area contributed by atoms with Gasteiger partial charge < -0.3 is 19.5 Å². The van der Waals surface area contributed by atoms with Crippen molar-refractivity contribution in [3.05, 3.63) is 76.3 Å². The normalized spacial score (nSPS) is 22.1. The number of nitrogens with zero attached hydrogens (tertiary/aromatic N) is 5. The summed E-state index contributed by atoms with van der Waals surface area (Å²) < 4.78 is 8.02. The number of hydrogen-bond acceptors (Lipinski definition) is 6. The predicted octanol–water partition coefficient (Wildman–Crippen LogP) is 2.77. The molecule has 2 unspecified atom stereocenters. The highest BCUT2D eigenvalue weighted by atomic mass is 35.5. The van der Waals surface area contributed by atoms with E-state index in [4.69, 9.17) is 16.3 Å². The van der Waals surface area contributed by atoms with E-state index in [2.05, 4.69) is 16.4 Å². The third-order valence-electron chi connectivity index (χ3n) is 6.77. The number of halogens is 1. The minimum atomic E-state index is -0.984. The smallest absolute Gasteiger partial charge is 0.237 e. The number of piperazine rings is 1. The van der Waals surface area contributed by atoms with Crippen molar-refractivity contribution in [2.45, 2.75) is 19.0 Å². The van der Waals surface area contributed by atoms with E-state index in [1.54, 1.807) is 53.8 Å². The Bertz CT molecular complexity index is 1400. The number of rotatable bonds is 1. The Morgan fingerprint density at radius 3 is 2.69 bits per heavy atom. The molecule has 4 heterocycles. The number of carbonyl (C=O) groups is 2. The lowest BCUT2D eigenvalue weighted by Crippen LogP contribution is -2.54. The van der Waals surface area contributed by atoms with Crippen molar-refractivity contribution >= 4 is 23.4 Å². The SMILES string of the molecule is Cn1cncc1C1(C)NC(=O)CN2CCN(Cc3cc(ccc3Cl)Oc3cc1ccc3C#N)C(=O)C2. The molecule has 1 saturated heterocycles. The van der Waals surface area contributed by atoms with E-state index in [0.717, 1.165) is 16.8 Å². The second-order valence-electron chi connectivity index (χ2n) is 9.27. The lowest BCUT2D eigenvalue weighted by atomic mass is 9.87. The molecule has 6 bridgehead atoms. The van der Waals surface area contributed by atoms with Crippen LogP contribution in [-0.4, -0.2) is 57.3 Å². The van der Waals surface area contributed by atoms with Gasteiger partial charge in [0.25, 0.3) is 0 Å². The van der Waals surface area contributed by atoms with E-state index in [1.807, 2.05) is 23.4 Å². The minimum absolute atomic E-state index is 0.0723. The fourth-order valence-corrected chi connectivity index (χ4v) is 4.96. The van der Waals surface area contributed by atoms with Crippen molar-refractivity contribution in [1.29, 1.82) is 5.26 Å². The van der Waals surface area contributed by atoms with Gasteiger partial charge in [0, 0.05) is 31.7 Å². The number of fused-ring (bicyclic) bond motifs is 5. The van der Waals surface area contributed by atoms with Gasteiger partial charge in [-0.15, -0.1) is 0 Å². The Hall–Kier alpha value is -3.87. The molecular weight excluding hydrogens is 480 g/mol. The van der Waals surface area contributed by atoms with Crippen LogP contribution in [0, 0.1) is 11.3 Å². The van der Waals surface area contributed by atoms with Crippen LogP contribution in [0.15, 0.2) is 48.9 Å². The summed E-state index contributed by atoms with van der Waals surface area (Å²) in [5, 5.41) is 13.4. The molecule has 9 nitrogen and oxygen atoms in total. The van der Waals surface area contributed by atoms with Gasteiger partial charge in [-0.1, -0.05) is 17.7 Å². The summed E-state index contributed by atoms with van der Waals surface area (Å²) in [4.78, 5) is 34.0. The summed E-state index contributed by atoms with van der Waals surface area (Å²) in [6.07, 6.45) is 3.37. The lowest BCUT2D eigenvalue weighted by Gasteiger charge is -2.36. The second kappa shape index (κ2) is 9.30. The fourth-order valence-electron chi connectivity index (χ4n) is 4.78. The van der Waals surface area contributed by atoms with Crippen LogP contribution < -0.4 is 10.1 Å². The molecule has 3 aliphatic rings. The molecule has 1 aromatic heterocycles. The third kappa shape index (κ3) is 4.41. The van der Waals surface area contributed by atoms with Crippen LogP contribution in [0.25, 0.3) is 0 Å². The molecule has 1 N–H and O–H groups in total. The quantitative estimate of drug-likeness (QED) is 0.546. The van der Waals surface area contributed by atoms with Crippen molar-refractivity contribution in [2.24, 2.45) is 7.05 Å². The van der Waals surface area contributed by atoms with Crippen LogP contribution in [0.5, 0.6) is 11.5 Å². The molecule has 1 fully saturated rings. The van der Waals surface area contributed by atoms with Crippen LogP contribution in [0.2, 0.25) is 5.02 Å². The molecule has 0 saturated carbocycles. The largest absolute Gasteiger partial charge is 0.456 e. The Labute approximate surface area is 213 Å². The number of aryl methyl sites for hydroxylation is 1. The molecule has 6 rings (SSSR count). The van der Waals surface area contributed by atoms with Crippen molar-refractivity contribution in [3.63, 3.8) is 0 Å². The van der Waals surface area contributed by atoms with Gasteiger partial charge in [0.05, 0.1) is 36.9 Å². The number of benzene rings is 2. The Morgan fingerprint density at radius 2 is 1.97 bits per heavy atom. The Morgan fingerprint density at radius 1 is 1.14 bits per heavy atom. The molecule has 36 heavy (non-hydrogen) atoms. The van der Waals surface area contributed by atoms with Gasteiger partial charge >= 0.3 is 0 Å². The maximum Gasteiger partial charge on any atom is 0.237 e. The number of nitriles is 1. The maximum atomic E-state index is 13.3. The summed E-state index contributed by atoms with van der Waals surface area (Å²) in [6.45, 7) is 3.48. The van der Waals surface area contributed by atoms with Gasteiger partial charge in [0.2, 0.25) is 11.8 Å². The van der Waals surface area contributed by atoms with Gasteiger partial charge in [-0.2, -0.15) is 5.26 Å².